The van der Waals surface area contributed by atoms with E-state index in [4.69, 9.17) is 16.7 Å². The highest BCUT2D eigenvalue weighted by atomic mass is 35.5. The fourth-order valence-corrected chi connectivity index (χ4v) is 2.81. The van der Waals surface area contributed by atoms with E-state index in [0.29, 0.717) is 10.5 Å². The van der Waals surface area contributed by atoms with E-state index in [1.54, 1.807) is 18.2 Å². The van der Waals surface area contributed by atoms with Gasteiger partial charge in [-0.25, -0.2) is 14.8 Å². The Morgan fingerprint density at radius 3 is 2.62 bits per heavy atom. The third-order valence-corrected chi connectivity index (χ3v) is 4.13. The Bertz CT molecular complexity index is 1080. The molecule has 4 N–H and O–H groups in total. The maximum Gasteiger partial charge on any atom is 0.372 e. The fraction of sp³-hybridized carbons (Fsp3) is 0.167. The number of benzene rings is 1. The standard InChI is InChI=1S/C18H16ClN5O5/c19-10-4-5-13(21-8-10)22-14(26)9-24-12-3-1-2-11(17(27)20-6-7-25)15(12)23-16(24)18(28)29/h1-5,8,25H,6-7,9H2,(H,20,27)(H,28,29)(H,21,22,26). The van der Waals surface area contributed by atoms with Crippen molar-refractivity contribution in [1.82, 2.24) is 19.9 Å². The lowest BCUT2D eigenvalue weighted by molar-refractivity contribution is -0.116. The van der Waals surface area contributed by atoms with Crippen molar-refractivity contribution < 1.29 is 24.6 Å². The number of anilines is 1. The lowest BCUT2D eigenvalue weighted by Gasteiger charge is -2.08. The number of pyridine rings is 1. The zero-order valence-electron chi connectivity index (χ0n) is 14.9. The molecule has 0 atom stereocenters. The molecule has 11 heteroatoms. The molecule has 0 aliphatic carbocycles. The summed E-state index contributed by atoms with van der Waals surface area (Å²) in [5, 5.41) is 23.8. The molecule has 2 aromatic heterocycles. The molecule has 29 heavy (non-hydrogen) atoms. The second-order valence-electron chi connectivity index (χ2n) is 5.89. The molecular weight excluding hydrogens is 402 g/mol. The summed E-state index contributed by atoms with van der Waals surface area (Å²) in [6, 6.07) is 7.66. The first kappa shape index (κ1) is 20.2. The average Bonchev–Trinajstić information content (AvgIpc) is 3.06. The van der Waals surface area contributed by atoms with Crippen molar-refractivity contribution in [2.45, 2.75) is 6.54 Å². The molecule has 3 rings (SSSR count). The van der Waals surface area contributed by atoms with Gasteiger partial charge in [0, 0.05) is 12.7 Å². The first-order valence-electron chi connectivity index (χ1n) is 8.43. The van der Waals surface area contributed by atoms with Crippen LogP contribution < -0.4 is 10.6 Å². The molecule has 0 aliphatic rings. The molecule has 3 aromatic rings. The van der Waals surface area contributed by atoms with E-state index in [2.05, 4.69) is 20.6 Å². The smallest absolute Gasteiger partial charge is 0.372 e. The van der Waals surface area contributed by atoms with Crippen molar-refractivity contribution in [1.29, 1.82) is 0 Å². The van der Waals surface area contributed by atoms with Crippen molar-refractivity contribution in [3.8, 4) is 0 Å². The van der Waals surface area contributed by atoms with Gasteiger partial charge >= 0.3 is 5.97 Å². The summed E-state index contributed by atoms with van der Waals surface area (Å²) in [5.74, 6) is -2.52. The highest BCUT2D eigenvalue weighted by molar-refractivity contribution is 6.30. The summed E-state index contributed by atoms with van der Waals surface area (Å²) in [6.07, 6.45) is 1.36. The van der Waals surface area contributed by atoms with Crippen LogP contribution in [0.3, 0.4) is 0 Å². The summed E-state index contributed by atoms with van der Waals surface area (Å²) < 4.78 is 1.20. The Labute approximate surface area is 169 Å². The molecule has 2 amide bonds. The van der Waals surface area contributed by atoms with Gasteiger partial charge in [-0.3, -0.25) is 9.59 Å². The van der Waals surface area contributed by atoms with E-state index in [9.17, 15) is 19.5 Å². The van der Waals surface area contributed by atoms with Crippen molar-refractivity contribution >= 4 is 46.2 Å². The van der Waals surface area contributed by atoms with Gasteiger partial charge < -0.3 is 25.4 Å². The number of nitrogens with one attached hydrogen (secondary N) is 2. The number of carbonyl (C=O) groups excluding carboxylic acids is 2. The number of rotatable bonds is 7. The number of hydrogen-bond donors (Lipinski definition) is 4. The highest BCUT2D eigenvalue weighted by Crippen LogP contribution is 2.21. The number of aliphatic hydroxyl groups excluding tert-OH is 1. The molecule has 0 bridgehead atoms. The van der Waals surface area contributed by atoms with Gasteiger partial charge in [-0.1, -0.05) is 17.7 Å². The lowest BCUT2D eigenvalue weighted by Crippen LogP contribution is -2.26. The molecule has 0 radical (unpaired) electrons. The minimum Gasteiger partial charge on any atom is -0.475 e. The second-order valence-corrected chi connectivity index (χ2v) is 6.33. The fourth-order valence-electron chi connectivity index (χ4n) is 2.69. The molecule has 2 heterocycles. The van der Waals surface area contributed by atoms with Crippen LogP contribution in [0.1, 0.15) is 21.0 Å². The minimum atomic E-state index is -1.35. The van der Waals surface area contributed by atoms with Crippen LogP contribution in [0.5, 0.6) is 0 Å². The monoisotopic (exact) mass is 417 g/mol. The number of para-hydroxylation sites is 1. The van der Waals surface area contributed by atoms with Gasteiger partial charge in [0.15, 0.2) is 0 Å². The number of aliphatic hydroxyl groups is 1. The Balaban J connectivity index is 1.94. The number of amides is 2. The molecule has 1 aromatic carbocycles. The van der Waals surface area contributed by atoms with Crippen LogP contribution in [-0.2, 0) is 11.3 Å². The molecule has 0 saturated carbocycles. The Kier molecular flexibility index (Phi) is 6.05. The van der Waals surface area contributed by atoms with Gasteiger partial charge in [0.05, 0.1) is 22.7 Å². The number of carboxylic acid groups (broad SMARTS) is 1. The largest absolute Gasteiger partial charge is 0.475 e. The lowest BCUT2D eigenvalue weighted by atomic mass is 10.1. The second kappa shape index (κ2) is 8.67. The molecule has 0 fully saturated rings. The van der Waals surface area contributed by atoms with Gasteiger partial charge in [-0.05, 0) is 24.3 Å². The third kappa shape index (κ3) is 4.50. The number of fused-ring (bicyclic) bond motifs is 1. The number of carbonyl (C=O) groups is 3. The summed E-state index contributed by atoms with van der Waals surface area (Å²) in [7, 11) is 0. The maximum absolute atomic E-state index is 12.4. The number of halogens is 1. The van der Waals surface area contributed by atoms with Crippen LogP contribution >= 0.6 is 11.6 Å². The van der Waals surface area contributed by atoms with E-state index < -0.39 is 17.8 Å². The van der Waals surface area contributed by atoms with Gasteiger partial charge in [0.1, 0.15) is 17.9 Å². The van der Waals surface area contributed by atoms with Crippen LogP contribution in [0.25, 0.3) is 11.0 Å². The molecule has 0 saturated heterocycles. The SMILES string of the molecule is O=C(Cn1c(C(=O)O)nc2c(C(=O)NCCO)cccc21)Nc1ccc(Cl)cn1. The number of nitrogens with zero attached hydrogens (tertiary/aromatic N) is 3. The van der Waals surface area contributed by atoms with Gasteiger partial charge in [0.25, 0.3) is 5.91 Å². The molecule has 0 unspecified atom stereocenters. The van der Waals surface area contributed by atoms with Gasteiger partial charge in [-0.15, -0.1) is 0 Å². The molecule has 150 valence electrons. The number of aromatic carboxylic acids is 1. The van der Waals surface area contributed by atoms with E-state index in [-0.39, 0.29) is 42.4 Å². The zero-order valence-corrected chi connectivity index (χ0v) is 15.7. The summed E-state index contributed by atoms with van der Waals surface area (Å²) in [4.78, 5) is 44.3. The first-order chi connectivity index (χ1) is 13.9. The Hall–Kier alpha value is -3.50. The van der Waals surface area contributed by atoms with E-state index >= 15 is 0 Å². The third-order valence-electron chi connectivity index (χ3n) is 3.91. The number of hydrogen-bond acceptors (Lipinski definition) is 6. The van der Waals surface area contributed by atoms with Gasteiger partial charge in [0.2, 0.25) is 11.7 Å². The van der Waals surface area contributed by atoms with Crippen LogP contribution in [0.2, 0.25) is 5.02 Å². The molecular formula is C18H16ClN5O5. The normalized spacial score (nSPS) is 10.7. The first-order valence-corrected chi connectivity index (χ1v) is 8.81. The number of aromatic nitrogens is 3. The Morgan fingerprint density at radius 1 is 1.17 bits per heavy atom. The van der Waals surface area contributed by atoms with Crippen LogP contribution in [-0.4, -0.2) is 55.7 Å². The predicted octanol–water partition coefficient (Wildman–Crippen LogP) is 1.14. The van der Waals surface area contributed by atoms with Crippen molar-refractivity contribution in [3.63, 3.8) is 0 Å². The summed E-state index contributed by atoms with van der Waals surface area (Å²) in [6.45, 7) is -0.558. The summed E-state index contributed by atoms with van der Waals surface area (Å²) in [5.41, 5.74) is 0.577. The van der Waals surface area contributed by atoms with Crippen molar-refractivity contribution in [2.75, 3.05) is 18.5 Å². The van der Waals surface area contributed by atoms with Crippen molar-refractivity contribution in [2.24, 2.45) is 0 Å². The van der Waals surface area contributed by atoms with E-state index in [0.717, 1.165) is 0 Å². The van der Waals surface area contributed by atoms with Crippen LogP contribution in [0.4, 0.5) is 5.82 Å². The van der Waals surface area contributed by atoms with Crippen LogP contribution in [0, 0.1) is 0 Å². The molecule has 0 aliphatic heterocycles. The Morgan fingerprint density at radius 2 is 1.97 bits per heavy atom. The molecule has 0 spiro atoms. The quantitative estimate of drug-likeness (QED) is 0.450. The maximum atomic E-state index is 12.4. The van der Waals surface area contributed by atoms with Gasteiger partial charge in [-0.2, -0.15) is 0 Å². The molecule has 10 nitrogen and oxygen atoms in total. The van der Waals surface area contributed by atoms with E-state index in [1.165, 1.54) is 22.9 Å². The van der Waals surface area contributed by atoms with E-state index in [1.807, 2.05) is 0 Å². The van der Waals surface area contributed by atoms with Crippen molar-refractivity contribution in [3.05, 3.63) is 52.9 Å². The predicted molar refractivity (Wildman–Crippen MR) is 104 cm³/mol. The average molecular weight is 418 g/mol. The summed E-state index contributed by atoms with van der Waals surface area (Å²) >= 11 is 5.76. The number of carboxylic acids is 1. The van der Waals surface area contributed by atoms with Crippen LogP contribution in [0.15, 0.2) is 36.5 Å². The zero-order chi connectivity index (χ0) is 21.0. The highest BCUT2D eigenvalue weighted by Gasteiger charge is 2.22. The minimum absolute atomic E-state index is 0.0399. The number of imidazole rings is 1. The topological polar surface area (TPSA) is 146 Å².